The SMILES string of the molecule is CCCCOCCCC.CCOC(C)=O.ClC(Cl)Cl. The summed E-state index contributed by atoms with van der Waals surface area (Å²) in [6.45, 7) is 9.93. The van der Waals surface area contributed by atoms with Crippen molar-refractivity contribution in [3.05, 3.63) is 0 Å². The average Bonchev–Trinajstić information content (AvgIpc) is 2.29. The topological polar surface area (TPSA) is 35.5 Å². The number of ether oxygens (including phenoxy) is 2. The fourth-order valence-corrected chi connectivity index (χ4v) is 0.798. The highest BCUT2D eigenvalue weighted by atomic mass is 35.6. The lowest BCUT2D eigenvalue weighted by atomic mass is 10.3. The van der Waals surface area contributed by atoms with Crippen molar-refractivity contribution < 1.29 is 14.3 Å². The first kappa shape index (κ1) is 24.3. The van der Waals surface area contributed by atoms with Gasteiger partial charge in [-0.2, -0.15) is 0 Å². The fraction of sp³-hybridized carbons (Fsp3) is 0.923. The highest BCUT2D eigenvalue weighted by Gasteiger charge is 1.84. The molecule has 0 aromatic carbocycles. The lowest BCUT2D eigenvalue weighted by molar-refractivity contribution is -0.140. The van der Waals surface area contributed by atoms with Gasteiger partial charge in [0.15, 0.2) is 4.30 Å². The molecule has 0 aliphatic rings. The van der Waals surface area contributed by atoms with Crippen molar-refractivity contribution in [2.24, 2.45) is 0 Å². The zero-order valence-electron chi connectivity index (χ0n) is 12.4. The van der Waals surface area contributed by atoms with Crippen LogP contribution < -0.4 is 0 Å². The summed E-state index contributed by atoms with van der Waals surface area (Å²) in [6, 6.07) is 0. The summed E-state index contributed by atoms with van der Waals surface area (Å²) in [5.41, 5.74) is 0. The molecule has 0 aromatic heterocycles. The third-order valence-corrected chi connectivity index (χ3v) is 1.63. The van der Waals surface area contributed by atoms with Gasteiger partial charge in [-0.3, -0.25) is 4.79 Å². The van der Waals surface area contributed by atoms with E-state index in [0.717, 1.165) is 13.2 Å². The molecule has 0 aliphatic carbocycles. The van der Waals surface area contributed by atoms with E-state index >= 15 is 0 Å². The molecule has 0 saturated carbocycles. The molecule has 0 spiro atoms. The van der Waals surface area contributed by atoms with Crippen LogP contribution in [0.5, 0.6) is 0 Å². The van der Waals surface area contributed by atoms with Crippen LogP contribution in [-0.2, 0) is 14.3 Å². The molecule has 0 fully saturated rings. The van der Waals surface area contributed by atoms with E-state index in [-0.39, 0.29) is 5.97 Å². The highest BCUT2D eigenvalue weighted by Crippen LogP contribution is 2.03. The van der Waals surface area contributed by atoms with Crippen LogP contribution in [0.3, 0.4) is 0 Å². The van der Waals surface area contributed by atoms with Gasteiger partial charge in [0.1, 0.15) is 0 Å². The Morgan fingerprint density at radius 1 is 1.00 bits per heavy atom. The molecule has 0 atom stereocenters. The second-order valence-electron chi connectivity index (χ2n) is 3.49. The summed E-state index contributed by atoms with van der Waals surface area (Å²) in [5.74, 6) is -0.211. The minimum atomic E-state index is -0.750. The number of alkyl halides is 3. The third-order valence-electron chi connectivity index (χ3n) is 1.63. The summed E-state index contributed by atoms with van der Waals surface area (Å²) in [6.07, 6.45) is 4.91. The molecular weight excluding hydrogens is 310 g/mol. The zero-order valence-corrected chi connectivity index (χ0v) is 14.7. The van der Waals surface area contributed by atoms with Crippen molar-refractivity contribution in [3.8, 4) is 0 Å². The van der Waals surface area contributed by atoms with Crippen molar-refractivity contribution in [3.63, 3.8) is 0 Å². The van der Waals surface area contributed by atoms with Gasteiger partial charge in [0, 0.05) is 20.1 Å². The quantitative estimate of drug-likeness (QED) is 0.366. The normalized spacial score (nSPS) is 9.05. The van der Waals surface area contributed by atoms with Gasteiger partial charge >= 0.3 is 5.97 Å². The Hall–Kier alpha value is 0.300. The highest BCUT2D eigenvalue weighted by molar-refractivity contribution is 6.63. The third kappa shape index (κ3) is 56.2. The van der Waals surface area contributed by atoms with Crippen LogP contribution in [0.2, 0.25) is 0 Å². The Morgan fingerprint density at radius 2 is 1.37 bits per heavy atom. The van der Waals surface area contributed by atoms with E-state index in [4.69, 9.17) is 39.5 Å². The predicted molar refractivity (Wildman–Crippen MR) is 84.3 cm³/mol. The lowest BCUT2D eigenvalue weighted by Gasteiger charge is -1.99. The standard InChI is InChI=1S/C8H18O.C4H8O2.CHCl3/c1-3-5-7-9-8-6-4-2;1-3-6-4(2)5;2-1(3)4/h3-8H2,1-2H3;3H2,1-2H3;1H. The molecular formula is C13H27Cl3O3. The largest absolute Gasteiger partial charge is 0.466 e. The summed E-state index contributed by atoms with van der Waals surface area (Å²) < 4.78 is 8.97. The van der Waals surface area contributed by atoms with Gasteiger partial charge in [-0.1, -0.05) is 61.5 Å². The Kier molecular flexibility index (Phi) is 30.0. The molecule has 118 valence electrons. The van der Waals surface area contributed by atoms with Crippen molar-refractivity contribution in [1.82, 2.24) is 0 Å². The number of halogens is 3. The second-order valence-corrected chi connectivity index (χ2v) is 5.47. The molecule has 0 unspecified atom stereocenters. The number of carbonyl (C=O) groups is 1. The molecule has 0 bridgehead atoms. The molecule has 0 heterocycles. The molecule has 0 aromatic rings. The van der Waals surface area contributed by atoms with E-state index in [2.05, 4.69) is 18.6 Å². The van der Waals surface area contributed by atoms with Gasteiger partial charge in [-0.15, -0.1) is 0 Å². The van der Waals surface area contributed by atoms with Crippen molar-refractivity contribution >= 4 is 40.8 Å². The molecule has 0 N–H and O–H groups in total. The summed E-state index contributed by atoms with van der Waals surface area (Å²) in [4.78, 5) is 9.82. The minimum absolute atomic E-state index is 0.211. The van der Waals surface area contributed by atoms with Gasteiger partial charge < -0.3 is 9.47 Å². The lowest BCUT2D eigenvalue weighted by Crippen LogP contribution is -1.95. The van der Waals surface area contributed by atoms with Crippen LogP contribution in [0, 0.1) is 0 Å². The predicted octanol–water partition coefficient (Wildman–Crippen LogP) is 5.16. The Morgan fingerprint density at radius 3 is 1.53 bits per heavy atom. The maximum Gasteiger partial charge on any atom is 0.302 e. The number of hydrogen-bond donors (Lipinski definition) is 0. The van der Waals surface area contributed by atoms with Gasteiger partial charge in [-0.05, 0) is 19.8 Å². The number of carbonyl (C=O) groups excluding carboxylic acids is 1. The van der Waals surface area contributed by atoms with Crippen LogP contribution in [0.15, 0.2) is 0 Å². The van der Waals surface area contributed by atoms with Crippen LogP contribution >= 0.6 is 34.8 Å². The van der Waals surface area contributed by atoms with E-state index in [1.165, 1.54) is 32.6 Å². The number of hydrogen-bond acceptors (Lipinski definition) is 3. The summed E-state index contributed by atoms with van der Waals surface area (Å²) >= 11 is 14.4. The smallest absolute Gasteiger partial charge is 0.302 e. The van der Waals surface area contributed by atoms with Crippen molar-refractivity contribution in [1.29, 1.82) is 0 Å². The van der Waals surface area contributed by atoms with Crippen LogP contribution in [0.1, 0.15) is 53.4 Å². The number of esters is 1. The number of rotatable bonds is 7. The molecule has 0 saturated heterocycles. The minimum Gasteiger partial charge on any atom is -0.466 e. The first-order valence-corrected chi connectivity index (χ1v) is 7.86. The first-order chi connectivity index (χ1) is 8.92. The van der Waals surface area contributed by atoms with Crippen LogP contribution in [0.4, 0.5) is 0 Å². The Balaban J connectivity index is -0.000000222. The molecule has 3 nitrogen and oxygen atoms in total. The van der Waals surface area contributed by atoms with Crippen molar-refractivity contribution in [2.75, 3.05) is 19.8 Å². The molecule has 0 radical (unpaired) electrons. The Bertz CT molecular complexity index is 158. The maximum absolute atomic E-state index is 9.82. The van der Waals surface area contributed by atoms with Gasteiger partial charge in [0.2, 0.25) is 0 Å². The fourth-order valence-electron chi connectivity index (χ4n) is 0.798. The van der Waals surface area contributed by atoms with E-state index < -0.39 is 4.30 Å². The van der Waals surface area contributed by atoms with E-state index in [9.17, 15) is 4.79 Å². The second kappa shape index (κ2) is 23.4. The summed E-state index contributed by atoms with van der Waals surface area (Å²) in [5, 5.41) is 0. The van der Waals surface area contributed by atoms with Crippen molar-refractivity contribution in [2.45, 2.75) is 57.7 Å². The van der Waals surface area contributed by atoms with Gasteiger partial charge in [0.05, 0.1) is 6.61 Å². The molecule has 0 amide bonds. The maximum atomic E-state index is 9.82. The molecule has 0 aliphatic heterocycles. The Labute approximate surface area is 132 Å². The average molecular weight is 338 g/mol. The van der Waals surface area contributed by atoms with Crippen LogP contribution in [-0.4, -0.2) is 30.1 Å². The van der Waals surface area contributed by atoms with Gasteiger partial charge in [0.25, 0.3) is 0 Å². The monoisotopic (exact) mass is 336 g/mol. The molecule has 19 heavy (non-hydrogen) atoms. The number of unbranched alkanes of at least 4 members (excludes halogenated alkanes) is 2. The van der Waals surface area contributed by atoms with E-state index in [0.29, 0.717) is 6.61 Å². The van der Waals surface area contributed by atoms with Crippen LogP contribution in [0.25, 0.3) is 0 Å². The zero-order chi connectivity index (χ0) is 15.5. The molecule has 0 rings (SSSR count). The summed E-state index contributed by atoms with van der Waals surface area (Å²) in [7, 11) is 0. The first-order valence-electron chi connectivity index (χ1n) is 6.55. The van der Waals surface area contributed by atoms with E-state index in [1.807, 2.05) is 0 Å². The van der Waals surface area contributed by atoms with Gasteiger partial charge in [-0.25, -0.2) is 0 Å². The van der Waals surface area contributed by atoms with E-state index in [1.54, 1.807) is 6.92 Å². The molecule has 6 heteroatoms.